The molecule has 0 saturated heterocycles. The summed E-state index contributed by atoms with van der Waals surface area (Å²) in [5.74, 6) is 0. The summed E-state index contributed by atoms with van der Waals surface area (Å²) in [6.07, 6.45) is -4.97. The quantitative estimate of drug-likeness (QED) is 0.522. The van der Waals surface area contributed by atoms with Crippen LogP contribution in [0.25, 0.3) is 0 Å². The number of nitrogens with zero attached hydrogens (tertiary/aromatic N) is 1. The second-order valence-corrected chi connectivity index (χ2v) is 4.91. The predicted molar refractivity (Wildman–Crippen MR) is 83.8 cm³/mol. The molecule has 25 heavy (non-hydrogen) atoms. The van der Waals surface area contributed by atoms with Gasteiger partial charge < -0.3 is 5.32 Å². The Hall–Kier alpha value is -2.77. The lowest BCUT2D eigenvalue weighted by Gasteiger charge is -2.08. The third-order valence-corrected chi connectivity index (χ3v) is 3.02. The minimum atomic E-state index is -4.45. The van der Waals surface area contributed by atoms with E-state index in [4.69, 9.17) is 0 Å². The van der Waals surface area contributed by atoms with Crippen molar-refractivity contribution >= 4 is 17.6 Å². The highest BCUT2D eigenvalue weighted by Gasteiger charge is 2.31. The summed E-state index contributed by atoms with van der Waals surface area (Å²) in [6, 6.07) is 9.06. The smallest absolute Gasteiger partial charge is 0.362 e. The van der Waals surface area contributed by atoms with Crippen LogP contribution in [0.15, 0.2) is 65.8 Å². The molecule has 2 aromatic rings. The van der Waals surface area contributed by atoms with Gasteiger partial charge in [-0.1, -0.05) is 12.1 Å². The zero-order valence-corrected chi connectivity index (χ0v) is 12.6. The number of alkyl halides is 6. The van der Waals surface area contributed by atoms with E-state index in [0.29, 0.717) is 0 Å². The molecular formula is C17H12F6N2. The number of halogens is 6. The Morgan fingerprint density at radius 3 is 2.04 bits per heavy atom. The minimum absolute atomic E-state index is 0.110. The Kier molecular flexibility index (Phi) is 5.51. The minimum Gasteiger partial charge on any atom is -0.362 e. The first kappa shape index (κ1) is 18.6. The van der Waals surface area contributed by atoms with E-state index in [1.807, 2.05) is 0 Å². The van der Waals surface area contributed by atoms with Crippen molar-refractivity contribution in [2.45, 2.75) is 12.4 Å². The standard InChI is InChI=1S/C17H12F6N2/c18-16(19,20)12-4-1-6-14(10-12)24-8-3-9-25-15-7-2-5-13(11-15)17(21,22)23/h1-11,24H/b8-3-,25-9?. The predicted octanol–water partition coefficient (Wildman–Crippen LogP) is 6.05. The molecular weight excluding hydrogens is 346 g/mol. The van der Waals surface area contributed by atoms with E-state index >= 15 is 0 Å². The van der Waals surface area contributed by atoms with Crippen LogP contribution in [0.2, 0.25) is 0 Å². The van der Waals surface area contributed by atoms with Crippen molar-refractivity contribution in [2.24, 2.45) is 4.99 Å². The van der Waals surface area contributed by atoms with Crippen LogP contribution in [0.1, 0.15) is 11.1 Å². The average molecular weight is 358 g/mol. The number of benzene rings is 2. The van der Waals surface area contributed by atoms with Crippen molar-refractivity contribution in [3.05, 3.63) is 71.9 Å². The fraction of sp³-hybridized carbons (Fsp3) is 0.118. The molecule has 132 valence electrons. The molecule has 0 atom stereocenters. The molecule has 0 saturated carbocycles. The second-order valence-electron chi connectivity index (χ2n) is 4.91. The van der Waals surface area contributed by atoms with Gasteiger partial charge in [0.25, 0.3) is 0 Å². The van der Waals surface area contributed by atoms with Crippen molar-refractivity contribution in [3.63, 3.8) is 0 Å². The van der Waals surface area contributed by atoms with Crippen molar-refractivity contribution in [1.82, 2.24) is 0 Å². The third kappa shape index (κ3) is 5.66. The highest BCUT2D eigenvalue weighted by Crippen LogP contribution is 2.31. The molecule has 2 aromatic carbocycles. The molecule has 0 spiro atoms. The number of hydrogen-bond donors (Lipinski definition) is 1. The van der Waals surface area contributed by atoms with Gasteiger partial charge in [-0.2, -0.15) is 26.3 Å². The van der Waals surface area contributed by atoms with Gasteiger partial charge in [-0.05, 0) is 42.5 Å². The highest BCUT2D eigenvalue weighted by atomic mass is 19.4. The summed E-state index contributed by atoms with van der Waals surface area (Å²) in [5.41, 5.74) is -1.27. The molecule has 0 aromatic heterocycles. The first-order valence-electron chi connectivity index (χ1n) is 6.96. The largest absolute Gasteiger partial charge is 0.416 e. The Labute approximate surface area is 139 Å². The molecule has 0 amide bonds. The summed E-state index contributed by atoms with van der Waals surface area (Å²) in [7, 11) is 0. The van der Waals surface area contributed by atoms with Crippen LogP contribution >= 0.6 is 0 Å². The van der Waals surface area contributed by atoms with E-state index < -0.39 is 23.5 Å². The Morgan fingerprint density at radius 2 is 1.40 bits per heavy atom. The third-order valence-electron chi connectivity index (χ3n) is 3.02. The van der Waals surface area contributed by atoms with Gasteiger partial charge in [0, 0.05) is 18.1 Å². The van der Waals surface area contributed by atoms with Crippen LogP contribution in [0, 0.1) is 0 Å². The number of aliphatic imine (C=N–C) groups is 1. The lowest BCUT2D eigenvalue weighted by Crippen LogP contribution is -2.04. The van der Waals surface area contributed by atoms with Gasteiger partial charge in [-0.3, -0.25) is 4.99 Å². The Bertz CT molecular complexity index is 775. The lowest BCUT2D eigenvalue weighted by molar-refractivity contribution is -0.138. The molecule has 0 aliphatic heterocycles. The number of allylic oxidation sites excluding steroid dienone is 1. The van der Waals surface area contributed by atoms with Crippen LogP contribution in [-0.2, 0) is 12.4 Å². The summed E-state index contributed by atoms with van der Waals surface area (Å²) < 4.78 is 75.4. The molecule has 0 fully saturated rings. The topological polar surface area (TPSA) is 24.4 Å². The van der Waals surface area contributed by atoms with Gasteiger partial charge in [0.15, 0.2) is 0 Å². The molecule has 0 aliphatic rings. The molecule has 0 aliphatic carbocycles. The molecule has 2 nitrogen and oxygen atoms in total. The SMILES string of the molecule is FC(F)(F)c1cccc(N=C/C=C\Nc2cccc(C(F)(F)F)c2)c1. The van der Waals surface area contributed by atoms with Gasteiger partial charge in [0.05, 0.1) is 16.8 Å². The van der Waals surface area contributed by atoms with Crippen molar-refractivity contribution in [3.8, 4) is 0 Å². The van der Waals surface area contributed by atoms with Crippen LogP contribution in [0.4, 0.5) is 37.7 Å². The number of rotatable bonds is 4. The maximum absolute atomic E-state index is 12.6. The maximum Gasteiger partial charge on any atom is 0.416 e. The van der Waals surface area contributed by atoms with E-state index in [1.54, 1.807) is 0 Å². The molecule has 0 bridgehead atoms. The number of anilines is 1. The molecule has 1 N–H and O–H groups in total. The Balaban J connectivity index is 1.99. The van der Waals surface area contributed by atoms with Gasteiger partial charge in [-0.25, -0.2) is 0 Å². The van der Waals surface area contributed by atoms with Gasteiger partial charge in [0.2, 0.25) is 0 Å². The summed E-state index contributed by atoms with van der Waals surface area (Å²) >= 11 is 0. The summed E-state index contributed by atoms with van der Waals surface area (Å²) in [6.45, 7) is 0. The van der Waals surface area contributed by atoms with E-state index in [2.05, 4.69) is 10.3 Å². The first-order valence-corrected chi connectivity index (χ1v) is 6.96. The van der Waals surface area contributed by atoms with E-state index in [1.165, 1.54) is 42.8 Å². The zero-order valence-electron chi connectivity index (χ0n) is 12.6. The highest BCUT2D eigenvalue weighted by molar-refractivity contribution is 5.75. The van der Waals surface area contributed by atoms with Gasteiger partial charge in [0.1, 0.15) is 0 Å². The zero-order chi connectivity index (χ0) is 18.5. The number of nitrogens with one attached hydrogen (secondary N) is 1. The van der Waals surface area contributed by atoms with Crippen LogP contribution < -0.4 is 5.32 Å². The van der Waals surface area contributed by atoms with Gasteiger partial charge >= 0.3 is 12.4 Å². The molecule has 8 heteroatoms. The van der Waals surface area contributed by atoms with E-state index in [-0.39, 0.29) is 11.4 Å². The molecule has 0 heterocycles. The molecule has 2 rings (SSSR count). The van der Waals surface area contributed by atoms with Gasteiger partial charge in [-0.15, -0.1) is 0 Å². The summed E-state index contributed by atoms with van der Waals surface area (Å²) in [4.78, 5) is 3.84. The number of hydrogen-bond acceptors (Lipinski definition) is 2. The molecule has 0 unspecified atom stereocenters. The lowest BCUT2D eigenvalue weighted by atomic mass is 10.2. The second kappa shape index (κ2) is 7.42. The van der Waals surface area contributed by atoms with Crippen LogP contribution in [0.5, 0.6) is 0 Å². The normalized spacial score (nSPS) is 12.9. The van der Waals surface area contributed by atoms with E-state index in [9.17, 15) is 26.3 Å². The molecule has 0 radical (unpaired) electrons. The monoisotopic (exact) mass is 358 g/mol. The maximum atomic E-state index is 12.6. The van der Waals surface area contributed by atoms with E-state index in [0.717, 1.165) is 24.3 Å². The fourth-order valence-electron chi connectivity index (χ4n) is 1.86. The average Bonchev–Trinajstić information content (AvgIpc) is 2.53. The summed E-state index contributed by atoms with van der Waals surface area (Å²) in [5, 5.41) is 2.63. The van der Waals surface area contributed by atoms with Crippen molar-refractivity contribution in [2.75, 3.05) is 5.32 Å². The van der Waals surface area contributed by atoms with Crippen molar-refractivity contribution in [1.29, 1.82) is 0 Å². The van der Waals surface area contributed by atoms with Crippen LogP contribution in [0.3, 0.4) is 0 Å². The van der Waals surface area contributed by atoms with Crippen LogP contribution in [-0.4, -0.2) is 6.21 Å². The van der Waals surface area contributed by atoms with Crippen molar-refractivity contribution < 1.29 is 26.3 Å². The fourth-order valence-corrected chi connectivity index (χ4v) is 1.86. The first-order chi connectivity index (χ1) is 11.7. The Morgan fingerprint density at radius 1 is 0.800 bits per heavy atom.